The number of phenols is 1. The number of carbonyl (C=O) groups excluding carboxylic acids is 1. The molecule has 116 valence electrons. The molecular weight excluding hydrogens is 362 g/mol. The number of halogens is 1. The summed E-state index contributed by atoms with van der Waals surface area (Å²) in [5.74, 6) is -1.03. The van der Waals surface area contributed by atoms with Crippen LogP contribution in [-0.4, -0.2) is 21.1 Å². The van der Waals surface area contributed by atoms with Crippen molar-refractivity contribution < 1.29 is 15.0 Å². The number of azo groups is 1. The van der Waals surface area contributed by atoms with Gasteiger partial charge in [-0.3, -0.25) is 4.79 Å². The summed E-state index contributed by atoms with van der Waals surface area (Å²) >= 11 is 3.39. The second-order valence-corrected chi connectivity index (χ2v) is 5.91. The van der Waals surface area contributed by atoms with Crippen LogP contribution in [-0.2, 0) is 0 Å². The summed E-state index contributed by atoms with van der Waals surface area (Å²) in [6, 6.07) is 9.74. The molecular formula is C16H12BrN3O3. The van der Waals surface area contributed by atoms with Crippen molar-refractivity contribution in [1.29, 1.82) is 0 Å². The molecule has 0 radical (unpaired) electrons. The second kappa shape index (κ2) is 5.85. The van der Waals surface area contributed by atoms with E-state index in [2.05, 4.69) is 31.1 Å². The molecule has 3 rings (SSSR count). The van der Waals surface area contributed by atoms with E-state index in [1.54, 1.807) is 18.2 Å². The topological polar surface area (TPSA) is 98.0 Å². The maximum atomic E-state index is 12.0. The Hall–Kier alpha value is -2.67. The predicted octanol–water partition coefficient (Wildman–Crippen LogP) is 4.57. The summed E-state index contributed by atoms with van der Waals surface area (Å²) < 4.78 is 0.824. The SMILES string of the molecule is Cc1cc(Br)cc2c(N=NC(=O)c3ccccc3O)c(O)[nH]c12. The van der Waals surface area contributed by atoms with E-state index in [1.807, 2.05) is 13.0 Å². The van der Waals surface area contributed by atoms with Crippen molar-refractivity contribution in [2.45, 2.75) is 6.92 Å². The Kier molecular flexibility index (Phi) is 3.87. The average molecular weight is 374 g/mol. The number of nitrogens with zero attached hydrogens (tertiary/aromatic N) is 2. The van der Waals surface area contributed by atoms with E-state index in [0.717, 1.165) is 15.6 Å². The highest BCUT2D eigenvalue weighted by molar-refractivity contribution is 9.10. The Morgan fingerprint density at radius 3 is 2.70 bits per heavy atom. The van der Waals surface area contributed by atoms with Gasteiger partial charge in [0.1, 0.15) is 5.75 Å². The smallest absolute Gasteiger partial charge is 0.299 e. The Labute approximate surface area is 139 Å². The normalized spacial score (nSPS) is 11.4. The van der Waals surface area contributed by atoms with E-state index >= 15 is 0 Å². The highest BCUT2D eigenvalue weighted by Gasteiger charge is 2.14. The summed E-state index contributed by atoms with van der Waals surface area (Å²) in [7, 11) is 0. The van der Waals surface area contributed by atoms with E-state index in [0.29, 0.717) is 5.39 Å². The maximum absolute atomic E-state index is 12.0. The fourth-order valence-corrected chi connectivity index (χ4v) is 2.88. The summed E-state index contributed by atoms with van der Waals surface area (Å²) in [5.41, 5.74) is 1.86. The highest BCUT2D eigenvalue weighted by Crippen LogP contribution is 2.38. The number of aromatic amines is 1. The molecule has 3 N–H and O–H groups in total. The Morgan fingerprint density at radius 1 is 1.22 bits per heavy atom. The van der Waals surface area contributed by atoms with Crippen LogP contribution in [0.4, 0.5) is 5.69 Å². The minimum absolute atomic E-state index is 0.0490. The zero-order valence-corrected chi connectivity index (χ0v) is 13.6. The summed E-state index contributed by atoms with van der Waals surface area (Å²) in [4.78, 5) is 14.8. The molecule has 0 unspecified atom stereocenters. The predicted molar refractivity (Wildman–Crippen MR) is 89.4 cm³/mol. The first-order valence-corrected chi connectivity index (χ1v) is 7.51. The molecule has 0 saturated heterocycles. The highest BCUT2D eigenvalue weighted by atomic mass is 79.9. The molecule has 7 heteroatoms. The lowest BCUT2D eigenvalue weighted by Crippen LogP contribution is -1.93. The zero-order valence-electron chi connectivity index (χ0n) is 12.0. The molecule has 0 aliphatic heterocycles. The number of amides is 1. The maximum Gasteiger partial charge on any atom is 0.299 e. The van der Waals surface area contributed by atoms with Crippen LogP contribution in [0.2, 0.25) is 0 Å². The van der Waals surface area contributed by atoms with Gasteiger partial charge >= 0.3 is 0 Å². The number of aromatic hydroxyl groups is 2. The third-order valence-electron chi connectivity index (χ3n) is 3.40. The third kappa shape index (κ3) is 2.83. The van der Waals surface area contributed by atoms with Crippen molar-refractivity contribution in [3.63, 3.8) is 0 Å². The largest absolute Gasteiger partial charge is 0.507 e. The van der Waals surface area contributed by atoms with Crippen molar-refractivity contribution >= 4 is 38.4 Å². The van der Waals surface area contributed by atoms with Crippen LogP contribution in [0.3, 0.4) is 0 Å². The van der Waals surface area contributed by atoms with Crippen LogP contribution in [0.25, 0.3) is 10.9 Å². The number of aromatic nitrogens is 1. The average Bonchev–Trinajstić information content (AvgIpc) is 2.81. The first-order valence-electron chi connectivity index (χ1n) is 6.72. The van der Waals surface area contributed by atoms with Gasteiger partial charge in [0, 0.05) is 9.86 Å². The fraction of sp³-hybridized carbons (Fsp3) is 0.0625. The number of hydrogen-bond donors (Lipinski definition) is 3. The summed E-state index contributed by atoms with van der Waals surface area (Å²) in [5, 5.41) is 27.8. The molecule has 1 aromatic heterocycles. The van der Waals surface area contributed by atoms with Gasteiger partial charge in [-0.2, -0.15) is 0 Å². The summed E-state index contributed by atoms with van der Waals surface area (Å²) in [6.07, 6.45) is 0. The molecule has 6 nitrogen and oxygen atoms in total. The number of nitrogens with one attached hydrogen (secondary N) is 1. The van der Waals surface area contributed by atoms with Gasteiger partial charge < -0.3 is 15.2 Å². The number of aryl methyl sites for hydroxylation is 1. The van der Waals surface area contributed by atoms with Crippen LogP contribution in [0.1, 0.15) is 15.9 Å². The number of phenolic OH excluding ortho intramolecular Hbond substituents is 1. The molecule has 0 aliphatic carbocycles. The van der Waals surface area contributed by atoms with Gasteiger partial charge in [0.25, 0.3) is 5.91 Å². The fourth-order valence-electron chi connectivity index (χ4n) is 2.31. The first-order chi connectivity index (χ1) is 11.0. The van der Waals surface area contributed by atoms with Gasteiger partial charge in [-0.15, -0.1) is 10.2 Å². The lowest BCUT2D eigenvalue weighted by Gasteiger charge is -1.98. The lowest BCUT2D eigenvalue weighted by molar-refractivity contribution is 0.0992. The second-order valence-electron chi connectivity index (χ2n) is 4.99. The van der Waals surface area contributed by atoms with Gasteiger partial charge in [0.2, 0.25) is 5.88 Å². The van der Waals surface area contributed by atoms with Crippen LogP contribution < -0.4 is 0 Å². The molecule has 1 amide bonds. The number of para-hydroxylation sites is 1. The first kappa shape index (κ1) is 15.2. The van der Waals surface area contributed by atoms with Crippen LogP contribution in [0.15, 0.2) is 51.1 Å². The molecule has 0 fully saturated rings. The van der Waals surface area contributed by atoms with Gasteiger partial charge in [-0.25, -0.2) is 0 Å². The molecule has 23 heavy (non-hydrogen) atoms. The van der Waals surface area contributed by atoms with Crippen molar-refractivity contribution in [3.05, 3.63) is 52.0 Å². The number of hydrogen-bond acceptors (Lipinski definition) is 4. The number of benzene rings is 2. The molecule has 0 aliphatic rings. The Balaban J connectivity index is 2.03. The molecule has 0 atom stereocenters. The van der Waals surface area contributed by atoms with Crippen molar-refractivity contribution in [3.8, 4) is 11.6 Å². The molecule has 0 bridgehead atoms. The molecule has 0 saturated carbocycles. The minimum Gasteiger partial charge on any atom is -0.507 e. The Morgan fingerprint density at radius 2 is 1.96 bits per heavy atom. The monoisotopic (exact) mass is 373 g/mol. The van der Waals surface area contributed by atoms with Crippen LogP contribution >= 0.6 is 15.9 Å². The van der Waals surface area contributed by atoms with E-state index in [-0.39, 0.29) is 22.9 Å². The molecule has 0 spiro atoms. The van der Waals surface area contributed by atoms with Crippen molar-refractivity contribution in [1.82, 2.24) is 4.98 Å². The minimum atomic E-state index is -0.691. The number of carbonyl (C=O) groups is 1. The van der Waals surface area contributed by atoms with Gasteiger partial charge in [-0.05, 0) is 36.8 Å². The summed E-state index contributed by atoms with van der Waals surface area (Å²) in [6.45, 7) is 1.89. The van der Waals surface area contributed by atoms with Crippen molar-refractivity contribution in [2.75, 3.05) is 0 Å². The van der Waals surface area contributed by atoms with Gasteiger partial charge in [-0.1, -0.05) is 28.1 Å². The van der Waals surface area contributed by atoms with Gasteiger partial charge in [0.15, 0.2) is 5.69 Å². The molecule has 1 heterocycles. The number of H-pyrrole nitrogens is 1. The van der Waals surface area contributed by atoms with Crippen molar-refractivity contribution in [2.24, 2.45) is 10.2 Å². The van der Waals surface area contributed by atoms with E-state index in [9.17, 15) is 15.0 Å². The van der Waals surface area contributed by atoms with E-state index in [4.69, 9.17) is 0 Å². The standard InChI is InChI=1S/C16H12BrN3O3/c1-8-6-9(17)7-11-13(8)18-16(23)14(11)19-20-15(22)10-4-2-3-5-12(10)21/h2-7,18,21,23H,1H3. The third-order valence-corrected chi connectivity index (χ3v) is 3.86. The Bertz CT molecular complexity index is 947. The van der Waals surface area contributed by atoms with E-state index in [1.165, 1.54) is 12.1 Å². The van der Waals surface area contributed by atoms with Gasteiger partial charge in [0.05, 0.1) is 11.1 Å². The number of fused-ring (bicyclic) bond motifs is 1. The zero-order chi connectivity index (χ0) is 16.6. The van der Waals surface area contributed by atoms with Crippen LogP contribution in [0.5, 0.6) is 11.6 Å². The lowest BCUT2D eigenvalue weighted by atomic mass is 10.1. The molecule has 2 aromatic carbocycles. The van der Waals surface area contributed by atoms with Crippen LogP contribution in [0, 0.1) is 6.92 Å². The quantitative estimate of drug-likeness (QED) is 0.573. The molecule has 3 aromatic rings. The van der Waals surface area contributed by atoms with E-state index < -0.39 is 5.91 Å². The number of rotatable bonds is 2.